The number of carbonyl (C=O) groups excluding carboxylic acids is 1. The van der Waals surface area contributed by atoms with Crippen molar-refractivity contribution in [3.05, 3.63) is 95.1 Å². The van der Waals surface area contributed by atoms with Crippen LogP contribution in [0.15, 0.2) is 67.3 Å². The molecule has 5 rings (SSSR count). The molecule has 2 aromatic carbocycles. The zero-order valence-electron chi connectivity index (χ0n) is 23.3. The standard InChI is InChI=1S/C31H33FN8O/c1-23-3-7-27(30(41)36-28-9-5-24(6-10-28)21-39-15-13-38(2)14-16-39)17-26(23)8-4-25-18-33-31(34-19-25)37-29-20-35-40(22-29)12-11-32/h3,5-7,9-10,17-20,22H,11-16,21H2,1-2H3,(H,36,41)(H,33,34,37). The summed E-state index contributed by atoms with van der Waals surface area (Å²) < 4.78 is 14.0. The molecule has 0 unspecified atom stereocenters. The second kappa shape index (κ2) is 13.2. The molecule has 41 heavy (non-hydrogen) atoms. The summed E-state index contributed by atoms with van der Waals surface area (Å²) in [4.78, 5) is 26.4. The minimum absolute atomic E-state index is 0.187. The summed E-state index contributed by atoms with van der Waals surface area (Å²) in [6, 6.07) is 13.5. The monoisotopic (exact) mass is 552 g/mol. The summed E-state index contributed by atoms with van der Waals surface area (Å²) in [7, 11) is 2.16. The van der Waals surface area contributed by atoms with E-state index in [1.165, 1.54) is 10.2 Å². The van der Waals surface area contributed by atoms with Crippen LogP contribution in [-0.2, 0) is 13.1 Å². The molecule has 2 aromatic heterocycles. The van der Waals surface area contributed by atoms with E-state index in [-0.39, 0.29) is 12.5 Å². The number of carbonyl (C=O) groups is 1. The number of anilines is 3. The number of aromatic nitrogens is 4. The molecule has 1 aliphatic rings. The number of hydrogen-bond donors (Lipinski definition) is 2. The molecule has 1 aliphatic heterocycles. The van der Waals surface area contributed by atoms with E-state index in [0.29, 0.717) is 22.8 Å². The van der Waals surface area contributed by atoms with Gasteiger partial charge in [-0.2, -0.15) is 5.10 Å². The van der Waals surface area contributed by atoms with Crippen LogP contribution in [0.5, 0.6) is 0 Å². The van der Waals surface area contributed by atoms with Gasteiger partial charge in [0, 0.05) is 68.1 Å². The Balaban J connectivity index is 1.19. The van der Waals surface area contributed by atoms with Crippen molar-refractivity contribution < 1.29 is 9.18 Å². The van der Waals surface area contributed by atoms with Gasteiger partial charge in [0.05, 0.1) is 24.0 Å². The number of halogens is 1. The maximum atomic E-state index is 13.0. The van der Waals surface area contributed by atoms with Gasteiger partial charge in [-0.15, -0.1) is 0 Å². The lowest BCUT2D eigenvalue weighted by Crippen LogP contribution is -2.43. The highest BCUT2D eigenvalue weighted by atomic mass is 19.1. The van der Waals surface area contributed by atoms with Crippen molar-refractivity contribution >= 4 is 23.2 Å². The van der Waals surface area contributed by atoms with E-state index in [1.54, 1.807) is 36.9 Å². The highest BCUT2D eigenvalue weighted by Crippen LogP contribution is 2.16. The molecule has 1 amide bonds. The third-order valence-electron chi connectivity index (χ3n) is 6.91. The molecule has 9 nitrogen and oxygen atoms in total. The van der Waals surface area contributed by atoms with Gasteiger partial charge in [0.1, 0.15) is 6.67 Å². The normalized spacial score (nSPS) is 13.8. The van der Waals surface area contributed by atoms with Crippen LogP contribution in [0.4, 0.5) is 21.7 Å². The third kappa shape index (κ3) is 7.75. The minimum atomic E-state index is -0.483. The lowest BCUT2D eigenvalue weighted by molar-refractivity contribution is 0.102. The Bertz CT molecular complexity index is 1530. The van der Waals surface area contributed by atoms with Gasteiger partial charge in [0.2, 0.25) is 5.95 Å². The summed E-state index contributed by atoms with van der Waals surface area (Å²) in [6.45, 7) is 6.91. The first kappa shape index (κ1) is 28.0. The van der Waals surface area contributed by atoms with Crippen molar-refractivity contribution in [2.24, 2.45) is 0 Å². The topological polar surface area (TPSA) is 91.2 Å². The molecule has 0 radical (unpaired) electrons. The number of hydrogen-bond acceptors (Lipinski definition) is 7. The Hall–Kier alpha value is -4.59. The molecule has 0 bridgehead atoms. The fraction of sp³-hybridized carbons (Fsp3) is 0.290. The second-order valence-electron chi connectivity index (χ2n) is 10.1. The van der Waals surface area contributed by atoms with Gasteiger partial charge < -0.3 is 15.5 Å². The molecule has 0 saturated carbocycles. The highest BCUT2D eigenvalue weighted by Gasteiger charge is 2.14. The first-order chi connectivity index (χ1) is 19.9. The van der Waals surface area contributed by atoms with Gasteiger partial charge in [-0.05, 0) is 49.4 Å². The van der Waals surface area contributed by atoms with Gasteiger partial charge in [0.15, 0.2) is 0 Å². The van der Waals surface area contributed by atoms with Crippen molar-refractivity contribution in [1.82, 2.24) is 29.5 Å². The van der Waals surface area contributed by atoms with Crippen molar-refractivity contribution in [2.45, 2.75) is 20.0 Å². The van der Waals surface area contributed by atoms with E-state index in [4.69, 9.17) is 0 Å². The molecule has 3 heterocycles. The van der Waals surface area contributed by atoms with Crippen molar-refractivity contribution in [3.63, 3.8) is 0 Å². The maximum Gasteiger partial charge on any atom is 0.255 e. The zero-order chi connectivity index (χ0) is 28.6. The molecule has 0 aliphatic carbocycles. The molecule has 210 valence electrons. The number of rotatable bonds is 8. The third-order valence-corrected chi connectivity index (χ3v) is 6.91. The Kier molecular flexibility index (Phi) is 8.98. The largest absolute Gasteiger partial charge is 0.322 e. The van der Waals surface area contributed by atoms with E-state index in [2.05, 4.69) is 66.5 Å². The molecule has 2 N–H and O–H groups in total. The Morgan fingerprint density at radius 3 is 2.46 bits per heavy atom. The number of amides is 1. The van der Waals surface area contributed by atoms with E-state index in [0.717, 1.165) is 49.5 Å². The molecular formula is C31H33FN8O. The van der Waals surface area contributed by atoms with Crippen LogP contribution in [-0.4, -0.2) is 75.4 Å². The average Bonchev–Trinajstić information content (AvgIpc) is 3.42. The number of nitrogens with one attached hydrogen (secondary N) is 2. The van der Waals surface area contributed by atoms with Crippen LogP contribution >= 0.6 is 0 Å². The quantitative estimate of drug-likeness (QED) is 0.318. The van der Waals surface area contributed by atoms with Crippen molar-refractivity contribution in [1.29, 1.82) is 0 Å². The summed E-state index contributed by atoms with van der Waals surface area (Å²) in [5.41, 5.74) is 5.54. The lowest BCUT2D eigenvalue weighted by Gasteiger charge is -2.32. The first-order valence-corrected chi connectivity index (χ1v) is 13.6. The van der Waals surface area contributed by atoms with Crippen LogP contribution in [0.25, 0.3) is 0 Å². The highest BCUT2D eigenvalue weighted by molar-refractivity contribution is 6.04. The zero-order valence-corrected chi connectivity index (χ0v) is 23.3. The molecule has 1 saturated heterocycles. The fourth-order valence-corrected chi connectivity index (χ4v) is 4.42. The van der Waals surface area contributed by atoms with E-state index >= 15 is 0 Å². The lowest BCUT2D eigenvalue weighted by atomic mass is 10.0. The molecule has 0 spiro atoms. The number of likely N-dealkylation sites (N-methyl/N-ethyl adjacent to an activating group) is 1. The summed E-state index contributed by atoms with van der Waals surface area (Å²) >= 11 is 0. The average molecular weight is 553 g/mol. The Morgan fingerprint density at radius 1 is 0.976 bits per heavy atom. The van der Waals surface area contributed by atoms with Crippen molar-refractivity contribution in [2.75, 3.05) is 50.5 Å². The van der Waals surface area contributed by atoms with E-state index in [9.17, 15) is 9.18 Å². The predicted octanol–water partition coefficient (Wildman–Crippen LogP) is 4.09. The summed E-state index contributed by atoms with van der Waals surface area (Å²) in [5.74, 6) is 6.41. The Morgan fingerprint density at radius 2 is 1.73 bits per heavy atom. The fourth-order valence-electron chi connectivity index (χ4n) is 4.42. The van der Waals surface area contributed by atoms with E-state index in [1.807, 2.05) is 25.1 Å². The molecule has 4 aromatic rings. The number of aryl methyl sites for hydroxylation is 2. The predicted molar refractivity (Wildman–Crippen MR) is 158 cm³/mol. The van der Waals surface area contributed by atoms with Crippen LogP contribution in [0.1, 0.15) is 32.6 Å². The van der Waals surface area contributed by atoms with Crippen LogP contribution in [0.3, 0.4) is 0 Å². The molecule has 1 fully saturated rings. The van der Waals surface area contributed by atoms with Crippen LogP contribution in [0.2, 0.25) is 0 Å². The number of alkyl halides is 1. The maximum absolute atomic E-state index is 13.0. The van der Waals surface area contributed by atoms with Gasteiger partial charge in [-0.3, -0.25) is 14.4 Å². The van der Waals surface area contributed by atoms with Crippen LogP contribution in [0, 0.1) is 18.8 Å². The minimum Gasteiger partial charge on any atom is -0.322 e. The first-order valence-electron chi connectivity index (χ1n) is 13.6. The number of nitrogens with zero attached hydrogens (tertiary/aromatic N) is 6. The van der Waals surface area contributed by atoms with Gasteiger partial charge >= 0.3 is 0 Å². The van der Waals surface area contributed by atoms with Gasteiger partial charge in [0.25, 0.3) is 5.91 Å². The van der Waals surface area contributed by atoms with Gasteiger partial charge in [-0.25, -0.2) is 14.4 Å². The van der Waals surface area contributed by atoms with Gasteiger partial charge in [-0.1, -0.05) is 30.0 Å². The molecular weight excluding hydrogens is 519 g/mol. The van der Waals surface area contributed by atoms with Crippen LogP contribution < -0.4 is 10.6 Å². The Labute approximate surface area is 239 Å². The summed E-state index contributed by atoms with van der Waals surface area (Å²) in [5, 5.41) is 10.1. The van der Waals surface area contributed by atoms with E-state index < -0.39 is 6.67 Å². The smallest absolute Gasteiger partial charge is 0.255 e. The second-order valence-corrected chi connectivity index (χ2v) is 10.1. The number of benzene rings is 2. The number of piperazine rings is 1. The van der Waals surface area contributed by atoms with Crippen molar-refractivity contribution in [3.8, 4) is 11.8 Å². The SMILES string of the molecule is Cc1ccc(C(=O)Nc2ccc(CN3CCN(C)CC3)cc2)cc1C#Cc1cnc(Nc2cnn(CCF)c2)nc1. The molecule has 0 atom stereocenters. The summed E-state index contributed by atoms with van der Waals surface area (Å²) in [6.07, 6.45) is 6.51. The molecule has 10 heteroatoms.